The van der Waals surface area contributed by atoms with Gasteiger partial charge in [0.05, 0.1) is 12.5 Å². The minimum Gasteiger partial charge on any atom is -0.441 e. The molecule has 6 nitrogen and oxygen atoms in total. The summed E-state index contributed by atoms with van der Waals surface area (Å²) < 4.78 is 5.42. The molecule has 0 aliphatic carbocycles. The van der Waals surface area contributed by atoms with Crippen LogP contribution < -0.4 is 10.6 Å². The van der Waals surface area contributed by atoms with Crippen molar-refractivity contribution < 1.29 is 14.0 Å². The van der Waals surface area contributed by atoms with E-state index in [2.05, 4.69) is 15.6 Å². The third-order valence-electron chi connectivity index (χ3n) is 3.75. The second kappa shape index (κ2) is 7.17. The lowest BCUT2D eigenvalue weighted by atomic mass is 10.0. The first-order valence-corrected chi connectivity index (χ1v) is 8.00. The number of nitrogens with zero attached hydrogens (tertiary/aromatic N) is 1. The minimum atomic E-state index is -0.378. The van der Waals surface area contributed by atoms with Crippen molar-refractivity contribution >= 4 is 28.6 Å². The fourth-order valence-electron chi connectivity index (χ4n) is 2.70. The molecule has 3 rings (SSSR count). The van der Waals surface area contributed by atoms with Crippen LogP contribution in [0.5, 0.6) is 0 Å². The van der Waals surface area contributed by atoms with Crippen LogP contribution in [0.1, 0.15) is 30.8 Å². The highest BCUT2D eigenvalue weighted by atomic mass is 16.3. The number of carbonyl (C=O) groups excluding carboxylic acids is 2. The molecule has 0 radical (unpaired) electrons. The van der Waals surface area contributed by atoms with Gasteiger partial charge in [0.2, 0.25) is 11.8 Å². The summed E-state index contributed by atoms with van der Waals surface area (Å²) in [5.41, 5.74) is 2.89. The van der Waals surface area contributed by atoms with Crippen molar-refractivity contribution in [1.29, 1.82) is 0 Å². The van der Waals surface area contributed by atoms with Crippen molar-refractivity contribution in [3.63, 3.8) is 0 Å². The maximum Gasteiger partial charge on any atom is 0.226 e. The number of amides is 2. The number of fused-ring (bicyclic) bond motifs is 1. The predicted octanol–water partition coefficient (Wildman–Crippen LogP) is 3.34. The van der Waals surface area contributed by atoms with Crippen LogP contribution in [0.3, 0.4) is 0 Å². The van der Waals surface area contributed by atoms with Gasteiger partial charge < -0.3 is 15.1 Å². The standard InChI is InChI=1S/C19H19N3O3/c1-12(23)20-16(14-6-4-3-5-7-14)11-19(24)22-15-8-9-18-17(10-15)21-13(2)25-18/h3-10,16H,11H2,1-2H3,(H,20,23)(H,22,24)/t16-/m0/s1. The minimum absolute atomic E-state index is 0.138. The van der Waals surface area contributed by atoms with Gasteiger partial charge in [-0.25, -0.2) is 4.98 Å². The van der Waals surface area contributed by atoms with Crippen molar-refractivity contribution in [2.75, 3.05) is 5.32 Å². The fraction of sp³-hybridized carbons (Fsp3) is 0.211. The summed E-state index contributed by atoms with van der Waals surface area (Å²) in [5.74, 6) is 0.205. The number of aryl methyl sites for hydroxylation is 1. The Labute approximate surface area is 145 Å². The Morgan fingerprint density at radius 2 is 1.92 bits per heavy atom. The van der Waals surface area contributed by atoms with Crippen molar-refractivity contribution in [2.45, 2.75) is 26.3 Å². The first-order chi connectivity index (χ1) is 12.0. The van der Waals surface area contributed by atoms with Crippen LogP contribution in [0, 0.1) is 6.92 Å². The smallest absolute Gasteiger partial charge is 0.226 e. The van der Waals surface area contributed by atoms with Gasteiger partial charge in [-0.05, 0) is 23.8 Å². The number of benzene rings is 2. The molecular weight excluding hydrogens is 318 g/mol. The van der Waals surface area contributed by atoms with Gasteiger partial charge in [-0.3, -0.25) is 9.59 Å². The van der Waals surface area contributed by atoms with Crippen molar-refractivity contribution in [3.05, 3.63) is 60.0 Å². The Kier molecular flexibility index (Phi) is 4.79. The number of hydrogen-bond donors (Lipinski definition) is 2. The van der Waals surface area contributed by atoms with Gasteiger partial charge in [-0.15, -0.1) is 0 Å². The Morgan fingerprint density at radius 1 is 1.16 bits per heavy atom. The van der Waals surface area contributed by atoms with Gasteiger partial charge in [0.15, 0.2) is 11.5 Å². The summed E-state index contributed by atoms with van der Waals surface area (Å²) in [5, 5.41) is 5.66. The molecule has 128 valence electrons. The van der Waals surface area contributed by atoms with E-state index in [1.54, 1.807) is 25.1 Å². The highest BCUT2D eigenvalue weighted by Gasteiger charge is 2.17. The van der Waals surface area contributed by atoms with E-state index in [4.69, 9.17) is 4.42 Å². The second-order valence-corrected chi connectivity index (χ2v) is 5.83. The monoisotopic (exact) mass is 337 g/mol. The van der Waals surface area contributed by atoms with Gasteiger partial charge in [0.25, 0.3) is 0 Å². The second-order valence-electron chi connectivity index (χ2n) is 5.83. The fourth-order valence-corrected chi connectivity index (χ4v) is 2.70. The predicted molar refractivity (Wildman–Crippen MR) is 95.0 cm³/mol. The van der Waals surface area contributed by atoms with E-state index in [1.165, 1.54) is 6.92 Å². The molecule has 3 aromatic rings. The van der Waals surface area contributed by atoms with E-state index in [9.17, 15) is 9.59 Å². The van der Waals surface area contributed by atoms with Gasteiger partial charge in [0, 0.05) is 19.5 Å². The van der Waals surface area contributed by atoms with Crippen LogP contribution in [-0.4, -0.2) is 16.8 Å². The third kappa shape index (κ3) is 4.23. The zero-order chi connectivity index (χ0) is 17.8. The van der Waals surface area contributed by atoms with Crippen LogP contribution in [0.25, 0.3) is 11.1 Å². The third-order valence-corrected chi connectivity index (χ3v) is 3.75. The quantitative estimate of drug-likeness (QED) is 0.748. The molecule has 0 saturated heterocycles. The zero-order valence-electron chi connectivity index (χ0n) is 14.1. The Bertz CT molecular complexity index is 903. The lowest BCUT2D eigenvalue weighted by Gasteiger charge is -2.18. The maximum absolute atomic E-state index is 12.4. The van der Waals surface area contributed by atoms with Crippen LogP contribution in [0.2, 0.25) is 0 Å². The van der Waals surface area contributed by atoms with Gasteiger partial charge in [-0.2, -0.15) is 0 Å². The molecule has 2 aromatic carbocycles. The number of carbonyl (C=O) groups is 2. The molecule has 0 bridgehead atoms. The van der Waals surface area contributed by atoms with Gasteiger partial charge in [-0.1, -0.05) is 30.3 Å². The molecule has 6 heteroatoms. The van der Waals surface area contributed by atoms with E-state index < -0.39 is 0 Å². The molecule has 2 N–H and O–H groups in total. The highest BCUT2D eigenvalue weighted by molar-refractivity contribution is 5.93. The van der Waals surface area contributed by atoms with Crippen LogP contribution in [-0.2, 0) is 9.59 Å². The Morgan fingerprint density at radius 3 is 2.64 bits per heavy atom. The molecule has 0 aliphatic rings. The van der Waals surface area contributed by atoms with Gasteiger partial charge in [0.1, 0.15) is 5.52 Å². The number of nitrogens with one attached hydrogen (secondary N) is 2. The lowest BCUT2D eigenvalue weighted by molar-refractivity contribution is -0.120. The average Bonchev–Trinajstić information content (AvgIpc) is 2.94. The van der Waals surface area contributed by atoms with E-state index in [1.807, 2.05) is 30.3 Å². The summed E-state index contributed by atoms with van der Waals surface area (Å²) in [6, 6.07) is 14.3. The molecule has 0 unspecified atom stereocenters. The number of hydrogen-bond acceptors (Lipinski definition) is 4. The van der Waals surface area contributed by atoms with Crippen LogP contribution in [0.4, 0.5) is 5.69 Å². The largest absolute Gasteiger partial charge is 0.441 e. The number of rotatable bonds is 5. The molecule has 0 spiro atoms. The molecule has 1 aromatic heterocycles. The highest BCUT2D eigenvalue weighted by Crippen LogP contribution is 2.21. The first-order valence-electron chi connectivity index (χ1n) is 8.00. The molecular formula is C19H19N3O3. The SMILES string of the molecule is CC(=O)N[C@@H](CC(=O)Nc1ccc2oc(C)nc2c1)c1ccccc1. The Hall–Kier alpha value is -3.15. The summed E-state index contributed by atoms with van der Waals surface area (Å²) in [4.78, 5) is 28.1. The number of oxazole rings is 1. The molecule has 2 amide bonds. The molecule has 0 aliphatic heterocycles. The average molecular weight is 337 g/mol. The Balaban J connectivity index is 1.72. The van der Waals surface area contributed by atoms with Crippen LogP contribution >= 0.6 is 0 Å². The zero-order valence-corrected chi connectivity index (χ0v) is 14.1. The number of anilines is 1. The van der Waals surface area contributed by atoms with Gasteiger partial charge >= 0.3 is 0 Å². The summed E-state index contributed by atoms with van der Waals surface area (Å²) >= 11 is 0. The summed E-state index contributed by atoms with van der Waals surface area (Å²) in [6.07, 6.45) is 0.138. The molecule has 0 saturated carbocycles. The lowest BCUT2D eigenvalue weighted by Crippen LogP contribution is -2.29. The van der Waals surface area contributed by atoms with E-state index in [0.29, 0.717) is 22.7 Å². The van der Waals surface area contributed by atoms with Crippen molar-refractivity contribution in [3.8, 4) is 0 Å². The molecule has 0 fully saturated rings. The van der Waals surface area contributed by atoms with Crippen molar-refractivity contribution in [1.82, 2.24) is 10.3 Å². The summed E-state index contributed by atoms with van der Waals surface area (Å²) in [6.45, 7) is 3.21. The molecule has 1 atom stereocenters. The van der Waals surface area contributed by atoms with Crippen LogP contribution in [0.15, 0.2) is 52.9 Å². The van der Waals surface area contributed by atoms with E-state index in [0.717, 1.165) is 5.56 Å². The van der Waals surface area contributed by atoms with Crippen molar-refractivity contribution in [2.24, 2.45) is 0 Å². The van der Waals surface area contributed by atoms with E-state index >= 15 is 0 Å². The topological polar surface area (TPSA) is 84.2 Å². The summed E-state index contributed by atoms with van der Waals surface area (Å²) in [7, 11) is 0. The maximum atomic E-state index is 12.4. The normalized spacial score (nSPS) is 11.9. The molecule has 1 heterocycles. The first kappa shape index (κ1) is 16.7. The van der Waals surface area contributed by atoms with E-state index in [-0.39, 0.29) is 24.3 Å². The molecule has 25 heavy (non-hydrogen) atoms. The number of aromatic nitrogens is 1.